The lowest BCUT2D eigenvalue weighted by atomic mass is 9.75. The average molecular weight is 383 g/mol. The number of alkyl halides is 6. The Hall–Kier alpha value is -2.44. The molecule has 0 saturated carbocycles. The summed E-state index contributed by atoms with van der Waals surface area (Å²) in [5.74, 6) is -0.626. The maximum Gasteiger partial charge on any atom is 0.418 e. The van der Waals surface area contributed by atoms with Crippen molar-refractivity contribution < 1.29 is 26.3 Å². The zero-order valence-corrected chi connectivity index (χ0v) is 13.9. The first-order valence-electron chi connectivity index (χ1n) is 8.47. The minimum absolute atomic E-state index is 0.0219. The number of halogens is 6. The van der Waals surface area contributed by atoms with Gasteiger partial charge in [-0.1, -0.05) is 42.5 Å². The Bertz CT molecular complexity index is 896. The van der Waals surface area contributed by atoms with Crippen molar-refractivity contribution in [1.82, 2.24) is 0 Å². The van der Waals surface area contributed by atoms with Crippen LogP contribution in [0.3, 0.4) is 0 Å². The number of hydrogen-bond acceptors (Lipinski definition) is 1. The molecule has 1 nitrogen and oxygen atoms in total. The van der Waals surface area contributed by atoms with Gasteiger partial charge in [0.05, 0.1) is 22.9 Å². The highest BCUT2D eigenvalue weighted by molar-refractivity contribution is 5.65. The predicted octanol–water partition coefficient (Wildman–Crippen LogP) is 6.55. The molecule has 4 rings (SSSR count). The van der Waals surface area contributed by atoms with Crippen LogP contribution >= 0.6 is 0 Å². The standard InChI is InChI=1S/C20H15F6N/c21-19(22,23)15-9-2-1-5-14(15)17-12-7-3-6-11(12)13-8-4-10-16(18(13)27-17)20(24,25)26/h1-6,8-12,17,27H,7H2/t11-,12-,17-/m1/s1. The van der Waals surface area contributed by atoms with E-state index in [9.17, 15) is 26.3 Å². The number of allylic oxidation sites excluding steroid dienone is 2. The third-order valence-corrected chi connectivity index (χ3v) is 5.30. The predicted molar refractivity (Wildman–Crippen MR) is 89.2 cm³/mol. The molecule has 0 spiro atoms. The van der Waals surface area contributed by atoms with Gasteiger partial charge in [0.2, 0.25) is 0 Å². The van der Waals surface area contributed by atoms with E-state index < -0.39 is 29.5 Å². The molecule has 2 aromatic carbocycles. The molecule has 0 unspecified atom stereocenters. The zero-order valence-electron chi connectivity index (χ0n) is 13.9. The van der Waals surface area contributed by atoms with Crippen LogP contribution in [0.4, 0.5) is 32.0 Å². The van der Waals surface area contributed by atoms with Gasteiger partial charge in [0, 0.05) is 5.92 Å². The second-order valence-corrected chi connectivity index (χ2v) is 6.83. The van der Waals surface area contributed by atoms with Crippen molar-refractivity contribution in [2.24, 2.45) is 5.92 Å². The number of benzene rings is 2. The smallest absolute Gasteiger partial charge is 0.377 e. The lowest BCUT2D eigenvalue weighted by Crippen LogP contribution is -2.32. The number of para-hydroxylation sites is 1. The highest BCUT2D eigenvalue weighted by Gasteiger charge is 2.45. The van der Waals surface area contributed by atoms with E-state index >= 15 is 0 Å². The molecule has 7 heteroatoms. The minimum Gasteiger partial charge on any atom is -0.377 e. The summed E-state index contributed by atoms with van der Waals surface area (Å²) in [5.41, 5.74) is -1.34. The fraction of sp³-hybridized carbons (Fsp3) is 0.300. The summed E-state index contributed by atoms with van der Waals surface area (Å²) < 4.78 is 80.9. The van der Waals surface area contributed by atoms with Crippen LogP contribution in [-0.2, 0) is 12.4 Å². The summed E-state index contributed by atoms with van der Waals surface area (Å²) in [7, 11) is 0. The van der Waals surface area contributed by atoms with Crippen LogP contribution in [0.1, 0.15) is 40.6 Å². The van der Waals surface area contributed by atoms with Crippen LogP contribution in [0.25, 0.3) is 0 Å². The molecule has 3 atom stereocenters. The second-order valence-electron chi connectivity index (χ2n) is 6.83. The van der Waals surface area contributed by atoms with Gasteiger partial charge in [0.15, 0.2) is 0 Å². The average Bonchev–Trinajstić information content (AvgIpc) is 3.09. The Morgan fingerprint density at radius 2 is 1.41 bits per heavy atom. The van der Waals surface area contributed by atoms with E-state index in [-0.39, 0.29) is 23.1 Å². The lowest BCUT2D eigenvalue weighted by Gasteiger charge is -2.39. The van der Waals surface area contributed by atoms with Gasteiger partial charge >= 0.3 is 12.4 Å². The van der Waals surface area contributed by atoms with Gasteiger partial charge in [-0.2, -0.15) is 26.3 Å². The third kappa shape index (κ3) is 2.99. The number of fused-ring (bicyclic) bond motifs is 3. The van der Waals surface area contributed by atoms with E-state index in [2.05, 4.69) is 5.32 Å². The van der Waals surface area contributed by atoms with Crippen LogP contribution < -0.4 is 5.32 Å². The van der Waals surface area contributed by atoms with Crippen LogP contribution in [0.5, 0.6) is 0 Å². The summed E-state index contributed by atoms with van der Waals surface area (Å²) in [6.07, 6.45) is -5.04. The van der Waals surface area contributed by atoms with Crippen LogP contribution in [0.2, 0.25) is 0 Å². The number of anilines is 1. The molecule has 0 amide bonds. The van der Waals surface area contributed by atoms with Crippen LogP contribution in [-0.4, -0.2) is 0 Å². The van der Waals surface area contributed by atoms with Gasteiger partial charge in [-0.15, -0.1) is 0 Å². The van der Waals surface area contributed by atoms with Gasteiger partial charge in [0.1, 0.15) is 0 Å². The van der Waals surface area contributed by atoms with Gasteiger partial charge in [0.25, 0.3) is 0 Å². The summed E-state index contributed by atoms with van der Waals surface area (Å²) in [4.78, 5) is 0. The molecule has 27 heavy (non-hydrogen) atoms. The van der Waals surface area contributed by atoms with Gasteiger partial charge in [-0.3, -0.25) is 0 Å². The van der Waals surface area contributed by atoms with E-state index in [4.69, 9.17) is 0 Å². The molecule has 0 fully saturated rings. The van der Waals surface area contributed by atoms with Crippen molar-refractivity contribution in [2.45, 2.75) is 30.7 Å². The summed E-state index contributed by atoms with van der Waals surface area (Å²) in [6, 6.07) is 8.13. The molecule has 0 bridgehead atoms. The Morgan fingerprint density at radius 1 is 0.778 bits per heavy atom. The molecular weight excluding hydrogens is 368 g/mol. The van der Waals surface area contributed by atoms with Crippen molar-refractivity contribution in [2.75, 3.05) is 5.32 Å². The van der Waals surface area contributed by atoms with Gasteiger partial charge in [-0.25, -0.2) is 0 Å². The van der Waals surface area contributed by atoms with Crippen molar-refractivity contribution in [1.29, 1.82) is 0 Å². The maximum absolute atomic E-state index is 13.5. The maximum atomic E-state index is 13.5. The SMILES string of the molecule is FC(F)(F)c1ccccc1[C@@H]1Nc2c(cccc2C(F)(F)F)[C@@H]2C=CC[C@H]21. The Balaban J connectivity index is 1.88. The van der Waals surface area contributed by atoms with Crippen molar-refractivity contribution >= 4 is 5.69 Å². The highest BCUT2D eigenvalue weighted by Crippen LogP contribution is 2.53. The van der Waals surface area contributed by atoms with E-state index in [0.717, 1.165) is 12.1 Å². The molecular formula is C20H15F6N. The van der Waals surface area contributed by atoms with Gasteiger partial charge in [-0.05, 0) is 35.6 Å². The topological polar surface area (TPSA) is 12.0 Å². The fourth-order valence-electron chi connectivity index (χ4n) is 4.19. The number of rotatable bonds is 1. The third-order valence-electron chi connectivity index (χ3n) is 5.30. The number of nitrogens with one attached hydrogen (secondary N) is 1. The van der Waals surface area contributed by atoms with E-state index in [1.165, 1.54) is 24.3 Å². The molecule has 2 aliphatic rings. The van der Waals surface area contributed by atoms with Gasteiger partial charge < -0.3 is 5.32 Å². The minimum atomic E-state index is -4.60. The van der Waals surface area contributed by atoms with E-state index in [1.54, 1.807) is 12.1 Å². The van der Waals surface area contributed by atoms with Crippen molar-refractivity contribution in [3.05, 3.63) is 76.9 Å². The lowest BCUT2D eigenvalue weighted by molar-refractivity contribution is -0.139. The molecule has 1 N–H and O–H groups in total. The molecule has 1 aliphatic heterocycles. The molecule has 0 radical (unpaired) electrons. The zero-order chi connectivity index (χ0) is 19.4. The first-order chi connectivity index (χ1) is 12.7. The Morgan fingerprint density at radius 3 is 2.11 bits per heavy atom. The first-order valence-corrected chi connectivity index (χ1v) is 8.47. The monoisotopic (exact) mass is 383 g/mol. The van der Waals surface area contributed by atoms with Crippen molar-refractivity contribution in [3.8, 4) is 0 Å². The quantitative estimate of drug-likeness (QED) is 0.435. The van der Waals surface area contributed by atoms with E-state index in [0.29, 0.717) is 12.0 Å². The molecule has 0 aromatic heterocycles. The van der Waals surface area contributed by atoms with Crippen LogP contribution in [0, 0.1) is 5.92 Å². The summed E-state index contributed by atoms with van der Waals surface area (Å²) >= 11 is 0. The first kappa shape index (κ1) is 17.9. The number of hydrogen-bond donors (Lipinski definition) is 1. The molecule has 142 valence electrons. The second kappa shape index (κ2) is 6.04. The summed E-state index contributed by atoms with van der Waals surface area (Å²) in [5, 5.41) is 2.81. The Labute approximate surface area is 151 Å². The van der Waals surface area contributed by atoms with Crippen molar-refractivity contribution in [3.63, 3.8) is 0 Å². The normalized spacial score (nSPS) is 24.3. The molecule has 0 saturated heterocycles. The largest absolute Gasteiger partial charge is 0.418 e. The molecule has 1 heterocycles. The molecule has 2 aromatic rings. The Kier molecular flexibility index (Phi) is 4.01. The fourth-order valence-corrected chi connectivity index (χ4v) is 4.19. The summed E-state index contributed by atoms with van der Waals surface area (Å²) in [6.45, 7) is 0. The molecule has 1 aliphatic carbocycles. The highest BCUT2D eigenvalue weighted by atomic mass is 19.4. The van der Waals surface area contributed by atoms with E-state index in [1.807, 2.05) is 6.08 Å². The van der Waals surface area contributed by atoms with Crippen LogP contribution in [0.15, 0.2) is 54.6 Å².